The topological polar surface area (TPSA) is 47.6 Å². The SMILES string of the molecule is COP(=O)(OC)C(Nc1ccc2c(c1)CCC2)c1cccc(F)c1. The van der Waals surface area contributed by atoms with E-state index < -0.39 is 19.2 Å². The number of rotatable bonds is 6. The maximum Gasteiger partial charge on any atom is 0.356 e. The second kappa shape index (κ2) is 7.06. The summed E-state index contributed by atoms with van der Waals surface area (Å²) in [7, 11) is -0.828. The van der Waals surface area contributed by atoms with E-state index in [2.05, 4.69) is 17.4 Å². The Hall–Kier alpha value is -1.68. The van der Waals surface area contributed by atoms with Gasteiger partial charge in [0.05, 0.1) is 0 Å². The molecule has 0 bridgehead atoms. The van der Waals surface area contributed by atoms with E-state index in [0.29, 0.717) is 5.56 Å². The fourth-order valence-electron chi connectivity index (χ4n) is 3.13. The Balaban J connectivity index is 1.97. The third-order valence-corrected chi connectivity index (χ3v) is 6.47. The standard InChI is InChI=1S/C18H21FNO3P/c1-22-24(21,23-2)18(15-7-4-8-16(19)11-15)20-17-10-9-13-5-3-6-14(13)12-17/h4,7-12,18,20H,3,5-6H2,1-2H3. The molecule has 128 valence electrons. The lowest BCUT2D eigenvalue weighted by Crippen LogP contribution is -2.14. The van der Waals surface area contributed by atoms with Crippen molar-refractivity contribution in [3.05, 3.63) is 65.0 Å². The molecular formula is C18H21FNO3P. The van der Waals surface area contributed by atoms with Gasteiger partial charge in [-0.15, -0.1) is 0 Å². The molecule has 4 nitrogen and oxygen atoms in total. The van der Waals surface area contributed by atoms with Gasteiger partial charge in [-0.2, -0.15) is 0 Å². The van der Waals surface area contributed by atoms with Crippen LogP contribution in [0.1, 0.15) is 28.9 Å². The predicted octanol–water partition coefficient (Wildman–Crippen LogP) is 4.91. The first-order valence-corrected chi connectivity index (χ1v) is 9.52. The Kier molecular flexibility index (Phi) is 5.04. The van der Waals surface area contributed by atoms with Crippen molar-refractivity contribution in [2.45, 2.75) is 25.0 Å². The highest BCUT2D eigenvalue weighted by molar-refractivity contribution is 7.54. The van der Waals surface area contributed by atoms with E-state index in [1.165, 1.54) is 37.5 Å². The molecule has 1 atom stereocenters. The van der Waals surface area contributed by atoms with E-state index in [1.807, 2.05) is 6.07 Å². The first-order valence-electron chi connectivity index (χ1n) is 7.91. The van der Waals surface area contributed by atoms with Crippen molar-refractivity contribution in [1.82, 2.24) is 0 Å². The molecule has 0 aromatic heterocycles. The van der Waals surface area contributed by atoms with Gasteiger partial charge in [0.25, 0.3) is 0 Å². The number of benzene rings is 2. The monoisotopic (exact) mass is 349 g/mol. The summed E-state index contributed by atoms with van der Waals surface area (Å²) in [6, 6.07) is 12.1. The molecule has 1 N–H and O–H groups in total. The number of fused-ring (bicyclic) bond motifs is 1. The molecule has 0 spiro atoms. The van der Waals surface area contributed by atoms with Crippen LogP contribution in [0.5, 0.6) is 0 Å². The number of halogens is 1. The number of nitrogens with one attached hydrogen (secondary N) is 1. The van der Waals surface area contributed by atoms with Gasteiger partial charge in [0.1, 0.15) is 5.82 Å². The Morgan fingerprint density at radius 3 is 2.54 bits per heavy atom. The lowest BCUT2D eigenvalue weighted by atomic mass is 10.1. The van der Waals surface area contributed by atoms with Gasteiger partial charge in [-0.05, 0) is 60.2 Å². The highest BCUT2D eigenvalue weighted by atomic mass is 31.2. The summed E-state index contributed by atoms with van der Waals surface area (Å²) in [5.74, 6) is -1.19. The molecule has 0 saturated carbocycles. The molecule has 1 unspecified atom stereocenters. The van der Waals surface area contributed by atoms with Crippen molar-refractivity contribution in [2.75, 3.05) is 19.5 Å². The van der Waals surface area contributed by atoms with Crippen molar-refractivity contribution in [3.8, 4) is 0 Å². The van der Waals surface area contributed by atoms with Crippen LogP contribution in [0.15, 0.2) is 42.5 Å². The lowest BCUT2D eigenvalue weighted by molar-refractivity contribution is 0.268. The van der Waals surface area contributed by atoms with Gasteiger partial charge in [-0.1, -0.05) is 18.2 Å². The molecule has 0 radical (unpaired) electrons. The quantitative estimate of drug-likeness (QED) is 0.753. The molecule has 6 heteroatoms. The maximum absolute atomic E-state index is 13.6. The Morgan fingerprint density at radius 1 is 1.08 bits per heavy atom. The van der Waals surface area contributed by atoms with Crippen LogP contribution >= 0.6 is 7.60 Å². The van der Waals surface area contributed by atoms with E-state index in [-0.39, 0.29) is 0 Å². The molecule has 3 rings (SSSR count). The number of aryl methyl sites for hydroxylation is 2. The van der Waals surface area contributed by atoms with E-state index in [1.54, 1.807) is 12.1 Å². The summed E-state index contributed by atoms with van der Waals surface area (Å²) in [6.07, 6.45) is 3.29. The minimum atomic E-state index is -3.50. The van der Waals surface area contributed by atoms with Crippen LogP contribution < -0.4 is 5.32 Å². The van der Waals surface area contributed by atoms with Crippen LogP contribution in [0, 0.1) is 5.82 Å². The maximum atomic E-state index is 13.6. The van der Waals surface area contributed by atoms with Crippen LogP contribution in [-0.2, 0) is 26.5 Å². The summed E-state index contributed by atoms with van der Waals surface area (Å²) in [5.41, 5.74) is 3.98. The Labute approximate surface area is 141 Å². The van der Waals surface area contributed by atoms with Crippen molar-refractivity contribution < 1.29 is 18.0 Å². The molecule has 24 heavy (non-hydrogen) atoms. The van der Waals surface area contributed by atoms with Crippen molar-refractivity contribution in [3.63, 3.8) is 0 Å². The van der Waals surface area contributed by atoms with E-state index in [4.69, 9.17) is 9.05 Å². The van der Waals surface area contributed by atoms with Gasteiger partial charge < -0.3 is 14.4 Å². The summed E-state index contributed by atoms with van der Waals surface area (Å²) >= 11 is 0. The minimum Gasteiger partial charge on any atom is -0.368 e. The second-order valence-electron chi connectivity index (χ2n) is 5.84. The fourth-order valence-corrected chi connectivity index (χ4v) is 4.53. The smallest absolute Gasteiger partial charge is 0.356 e. The molecule has 0 heterocycles. The molecule has 2 aromatic rings. The highest BCUT2D eigenvalue weighted by Gasteiger charge is 2.36. The van der Waals surface area contributed by atoms with Gasteiger partial charge in [0.2, 0.25) is 0 Å². The van der Waals surface area contributed by atoms with Gasteiger partial charge in [-0.3, -0.25) is 4.57 Å². The largest absolute Gasteiger partial charge is 0.368 e. The molecule has 2 aromatic carbocycles. The van der Waals surface area contributed by atoms with Crippen molar-refractivity contribution in [1.29, 1.82) is 0 Å². The van der Waals surface area contributed by atoms with Crippen LogP contribution in [0.25, 0.3) is 0 Å². The molecule has 0 fully saturated rings. The molecular weight excluding hydrogens is 328 g/mol. The van der Waals surface area contributed by atoms with E-state index in [9.17, 15) is 8.96 Å². The zero-order valence-electron chi connectivity index (χ0n) is 13.8. The fraction of sp³-hybridized carbons (Fsp3) is 0.333. The number of hydrogen-bond acceptors (Lipinski definition) is 4. The van der Waals surface area contributed by atoms with E-state index >= 15 is 0 Å². The van der Waals surface area contributed by atoms with E-state index in [0.717, 1.165) is 24.9 Å². The average Bonchev–Trinajstić information content (AvgIpc) is 3.06. The van der Waals surface area contributed by atoms with Crippen molar-refractivity contribution in [2.24, 2.45) is 0 Å². The summed E-state index contributed by atoms with van der Waals surface area (Å²) < 4.78 is 36.9. The Bertz CT molecular complexity index is 773. The highest BCUT2D eigenvalue weighted by Crippen LogP contribution is 2.59. The zero-order valence-corrected chi connectivity index (χ0v) is 14.7. The summed E-state index contributed by atoms with van der Waals surface area (Å²) in [4.78, 5) is 0. The molecule has 0 amide bonds. The van der Waals surface area contributed by atoms with Crippen LogP contribution in [0.2, 0.25) is 0 Å². The van der Waals surface area contributed by atoms with Crippen LogP contribution in [0.4, 0.5) is 10.1 Å². The second-order valence-corrected chi connectivity index (χ2v) is 8.17. The van der Waals surface area contributed by atoms with Crippen LogP contribution in [0.3, 0.4) is 0 Å². The number of hydrogen-bond donors (Lipinski definition) is 1. The third kappa shape index (κ3) is 3.39. The molecule has 1 aliphatic carbocycles. The average molecular weight is 349 g/mol. The first kappa shape index (κ1) is 17.2. The van der Waals surface area contributed by atoms with Gasteiger partial charge in [-0.25, -0.2) is 4.39 Å². The third-order valence-electron chi connectivity index (χ3n) is 4.39. The zero-order chi connectivity index (χ0) is 17.2. The van der Waals surface area contributed by atoms with Gasteiger partial charge in [0, 0.05) is 19.9 Å². The van der Waals surface area contributed by atoms with Crippen molar-refractivity contribution >= 4 is 13.3 Å². The summed E-state index contributed by atoms with van der Waals surface area (Å²) in [5, 5.41) is 3.21. The molecule has 1 aliphatic rings. The van der Waals surface area contributed by atoms with Gasteiger partial charge in [0.15, 0.2) is 5.78 Å². The molecule has 0 aliphatic heterocycles. The molecule has 0 saturated heterocycles. The first-order chi connectivity index (χ1) is 11.6. The number of anilines is 1. The van der Waals surface area contributed by atoms with Crippen LogP contribution in [-0.4, -0.2) is 14.2 Å². The Morgan fingerprint density at radius 2 is 1.83 bits per heavy atom. The summed E-state index contributed by atoms with van der Waals surface area (Å²) in [6.45, 7) is 0. The van der Waals surface area contributed by atoms with Gasteiger partial charge >= 0.3 is 7.60 Å². The normalized spacial score (nSPS) is 15.1. The predicted molar refractivity (Wildman–Crippen MR) is 92.9 cm³/mol. The lowest BCUT2D eigenvalue weighted by Gasteiger charge is -2.26. The minimum absolute atomic E-state index is 0.396.